The van der Waals surface area contributed by atoms with Crippen LogP contribution in [0, 0.1) is 5.92 Å². The average molecular weight is 283 g/mol. The second kappa shape index (κ2) is 9.78. The van der Waals surface area contributed by atoms with Gasteiger partial charge in [-0.25, -0.2) is 0 Å². The van der Waals surface area contributed by atoms with Crippen LogP contribution in [-0.2, 0) is 0 Å². The Kier molecular flexibility index (Phi) is 8.79. The van der Waals surface area contributed by atoms with Crippen molar-refractivity contribution in [2.24, 2.45) is 11.7 Å². The van der Waals surface area contributed by atoms with Gasteiger partial charge in [0.15, 0.2) is 0 Å². The van der Waals surface area contributed by atoms with Crippen molar-refractivity contribution in [3.63, 3.8) is 0 Å². The fourth-order valence-corrected chi connectivity index (χ4v) is 3.76. The van der Waals surface area contributed by atoms with E-state index in [1.165, 1.54) is 77.3 Å². The van der Waals surface area contributed by atoms with Gasteiger partial charge in [-0.15, -0.1) is 0 Å². The molecule has 1 aliphatic rings. The summed E-state index contributed by atoms with van der Waals surface area (Å²) in [6.07, 6.45) is 13.7. The van der Waals surface area contributed by atoms with Crippen LogP contribution in [0.5, 0.6) is 0 Å². The van der Waals surface area contributed by atoms with Crippen LogP contribution in [0.15, 0.2) is 0 Å². The van der Waals surface area contributed by atoms with Crippen LogP contribution < -0.4 is 5.73 Å². The molecule has 120 valence electrons. The Balaban J connectivity index is 2.35. The van der Waals surface area contributed by atoms with E-state index in [0.717, 1.165) is 12.5 Å². The molecule has 0 bridgehead atoms. The number of nitrogens with zero attached hydrogens (tertiary/aromatic N) is 1. The number of hydrogen-bond donors (Lipinski definition) is 1. The molecule has 0 aliphatic heterocycles. The van der Waals surface area contributed by atoms with Crippen molar-refractivity contribution < 1.29 is 0 Å². The highest BCUT2D eigenvalue weighted by Crippen LogP contribution is 2.35. The van der Waals surface area contributed by atoms with Gasteiger partial charge in [-0.3, -0.25) is 4.90 Å². The van der Waals surface area contributed by atoms with Crippen molar-refractivity contribution in [1.82, 2.24) is 4.90 Å². The molecule has 0 aromatic heterocycles. The molecule has 2 nitrogen and oxygen atoms in total. The molecule has 0 atom stereocenters. The van der Waals surface area contributed by atoms with Gasteiger partial charge in [0.2, 0.25) is 0 Å². The van der Waals surface area contributed by atoms with E-state index in [1.54, 1.807) is 0 Å². The van der Waals surface area contributed by atoms with Crippen molar-refractivity contribution in [3.8, 4) is 0 Å². The minimum Gasteiger partial charge on any atom is -0.329 e. The molecule has 0 saturated heterocycles. The predicted octanol–water partition coefficient (Wildman–Crippen LogP) is 4.58. The van der Waals surface area contributed by atoms with Crippen molar-refractivity contribution in [3.05, 3.63) is 0 Å². The first-order chi connectivity index (χ1) is 9.68. The van der Waals surface area contributed by atoms with E-state index >= 15 is 0 Å². The summed E-state index contributed by atoms with van der Waals surface area (Å²) in [5.74, 6) is 0.905. The fraction of sp³-hybridized carbons (Fsp3) is 1.00. The summed E-state index contributed by atoms with van der Waals surface area (Å²) >= 11 is 0. The van der Waals surface area contributed by atoms with Crippen molar-refractivity contribution in [1.29, 1.82) is 0 Å². The number of nitrogens with two attached hydrogens (primary N) is 1. The average Bonchev–Trinajstić information content (AvgIpc) is 2.48. The highest BCUT2D eigenvalue weighted by Gasteiger charge is 2.37. The van der Waals surface area contributed by atoms with Crippen molar-refractivity contribution in [2.75, 3.05) is 19.6 Å². The van der Waals surface area contributed by atoms with Gasteiger partial charge in [-0.2, -0.15) is 0 Å². The lowest BCUT2D eigenvalue weighted by molar-refractivity contribution is 0.0475. The zero-order chi connectivity index (χ0) is 14.8. The standard InChI is InChI=1S/C18H38N2/c1-4-6-7-8-9-10-15-20(5-2)18(16-19)13-11-17(3)12-14-18/h17H,4-16,19H2,1-3H3. The molecule has 1 aliphatic carbocycles. The first kappa shape index (κ1) is 18.0. The maximum absolute atomic E-state index is 6.19. The van der Waals surface area contributed by atoms with Gasteiger partial charge in [0.1, 0.15) is 0 Å². The predicted molar refractivity (Wildman–Crippen MR) is 90.0 cm³/mol. The van der Waals surface area contributed by atoms with Crippen molar-refractivity contribution >= 4 is 0 Å². The Morgan fingerprint density at radius 3 is 2.15 bits per heavy atom. The van der Waals surface area contributed by atoms with Crippen LogP contribution in [0.4, 0.5) is 0 Å². The van der Waals surface area contributed by atoms with E-state index in [1.807, 2.05) is 0 Å². The Hall–Kier alpha value is -0.0800. The van der Waals surface area contributed by atoms with E-state index in [0.29, 0.717) is 5.54 Å². The fourth-order valence-electron chi connectivity index (χ4n) is 3.76. The third kappa shape index (κ3) is 5.37. The minimum absolute atomic E-state index is 0.324. The molecule has 0 heterocycles. The SMILES string of the molecule is CCCCCCCCN(CC)C1(CN)CCC(C)CC1. The molecule has 0 aromatic carbocycles. The molecule has 2 heteroatoms. The van der Waals surface area contributed by atoms with Gasteiger partial charge in [-0.05, 0) is 51.1 Å². The summed E-state index contributed by atoms with van der Waals surface area (Å²) in [6, 6.07) is 0. The normalized spacial score (nSPS) is 27.1. The number of rotatable bonds is 10. The van der Waals surface area contributed by atoms with Crippen LogP contribution >= 0.6 is 0 Å². The topological polar surface area (TPSA) is 29.3 Å². The Morgan fingerprint density at radius 1 is 1.00 bits per heavy atom. The third-order valence-corrected chi connectivity index (χ3v) is 5.42. The van der Waals surface area contributed by atoms with Crippen molar-refractivity contribution in [2.45, 2.75) is 90.5 Å². The molecular weight excluding hydrogens is 244 g/mol. The van der Waals surface area contributed by atoms with Crippen LogP contribution in [0.2, 0.25) is 0 Å². The number of hydrogen-bond acceptors (Lipinski definition) is 2. The van der Waals surface area contributed by atoms with E-state index in [-0.39, 0.29) is 0 Å². The lowest BCUT2D eigenvalue weighted by Crippen LogP contribution is -2.55. The second-order valence-corrected chi connectivity index (χ2v) is 6.96. The molecule has 0 unspecified atom stereocenters. The van der Waals surface area contributed by atoms with Gasteiger partial charge < -0.3 is 5.73 Å². The molecular formula is C18H38N2. The number of unbranched alkanes of at least 4 members (excludes halogenated alkanes) is 5. The maximum atomic E-state index is 6.19. The molecule has 0 radical (unpaired) electrons. The smallest absolute Gasteiger partial charge is 0.0331 e. The van der Waals surface area contributed by atoms with Gasteiger partial charge in [0.25, 0.3) is 0 Å². The van der Waals surface area contributed by atoms with Gasteiger partial charge >= 0.3 is 0 Å². The summed E-state index contributed by atoms with van der Waals surface area (Å²) < 4.78 is 0. The molecule has 0 spiro atoms. The van der Waals surface area contributed by atoms with Gasteiger partial charge in [0.05, 0.1) is 0 Å². The van der Waals surface area contributed by atoms with Crippen LogP contribution in [0.25, 0.3) is 0 Å². The highest BCUT2D eigenvalue weighted by molar-refractivity contribution is 4.95. The Morgan fingerprint density at radius 2 is 1.60 bits per heavy atom. The molecule has 0 aromatic rings. The van der Waals surface area contributed by atoms with Crippen LogP contribution in [0.3, 0.4) is 0 Å². The highest BCUT2D eigenvalue weighted by atomic mass is 15.2. The monoisotopic (exact) mass is 282 g/mol. The second-order valence-electron chi connectivity index (χ2n) is 6.96. The zero-order valence-corrected chi connectivity index (χ0v) is 14.3. The molecule has 1 saturated carbocycles. The quantitative estimate of drug-likeness (QED) is 0.594. The summed E-state index contributed by atoms with van der Waals surface area (Å²) in [4.78, 5) is 2.71. The molecule has 2 N–H and O–H groups in total. The van der Waals surface area contributed by atoms with E-state index < -0.39 is 0 Å². The molecule has 20 heavy (non-hydrogen) atoms. The van der Waals surface area contributed by atoms with E-state index in [2.05, 4.69) is 25.7 Å². The van der Waals surface area contributed by atoms with E-state index in [4.69, 9.17) is 5.73 Å². The first-order valence-electron chi connectivity index (χ1n) is 9.13. The molecule has 0 amide bonds. The van der Waals surface area contributed by atoms with Crippen LogP contribution in [-0.4, -0.2) is 30.1 Å². The van der Waals surface area contributed by atoms with Crippen LogP contribution in [0.1, 0.15) is 85.0 Å². The summed E-state index contributed by atoms with van der Waals surface area (Å²) in [5.41, 5.74) is 6.51. The third-order valence-electron chi connectivity index (χ3n) is 5.42. The maximum Gasteiger partial charge on any atom is 0.0331 e. The zero-order valence-electron chi connectivity index (χ0n) is 14.3. The van der Waals surface area contributed by atoms with E-state index in [9.17, 15) is 0 Å². The van der Waals surface area contributed by atoms with Gasteiger partial charge in [-0.1, -0.05) is 52.9 Å². The van der Waals surface area contributed by atoms with Gasteiger partial charge in [0, 0.05) is 12.1 Å². The number of likely N-dealkylation sites (N-methyl/N-ethyl adjacent to an activating group) is 1. The lowest BCUT2D eigenvalue weighted by atomic mass is 9.76. The summed E-state index contributed by atoms with van der Waals surface area (Å²) in [5, 5.41) is 0. The summed E-state index contributed by atoms with van der Waals surface area (Å²) in [7, 11) is 0. The lowest BCUT2D eigenvalue weighted by Gasteiger charge is -2.47. The minimum atomic E-state index is 0.324. The first-order valence-corrected chi connectivity index (χ1v) is 9.13. The Labute approximate surface area is 127 Å². The molecule has 1 fully saturated rings. The Bertz CT molecular complexity index is 232. The summed E-state index contributed by atoms with van der Waals surface area (Å²) in [6.45, 7) is 10.3. The largest absolute Gasteiger partial charge is 0.329 e. The molecule has 1 rings (SSSR count).